The Morgan fingerprint density at radius 1 is 0.880 bits per heavy atom. The van der Waals surface area contributed by atoms with E-state index in [0.29, 0.717) is 17.8 Å². The summed E-state index contributed by atoms with van der Waals surface area (Å²) in [6.45, 7) is 1.74. The number of carbonyl (C=O) groups excluding carboxylic acids is 2. The first-order valence-corrected chi connectivity index (χ1v) is 8.00. The highest BCUT2D eigenvalue weighted by Gasteiger charge is 2.13. The predicted molar refractivity (Wildman–Crippen MR) is 98.9 cm³/mol. The second kappa shape index (κ2) is 7.05. The number of carbonyl (C=O) groups is 2. The topological polar surface area (TPSA) is 78.4 Å². The van der Waals surface area contributed by atoms with E-state index >= 15 is 0 Å². The van der Waals surface area contributed by atoms with Gasteiger partial charge in [0.2, 0.25) is 5.91 Å². The SMILES string of the molecule is CCC(=O)Nc1ccc(O)c(C(=O)Nc2ccc3ccccc3c2)c1. The quantitative estimate of drug-likeness (QED) is 0.627. The monoisotopic (exact) mass is 334 g/mol. The molecule has 5 nitrogen and oxygen atoms in total. The molecule has 0 bridgehead atoms. The molecule has 25 heavy (non-hydrogen) atoms. The molecule has 3 aromatic rings. The summed E-state index contributed by atoms with van der Waals surface area (Å²) in [6, 6.07) is 17.8. The normalized spacial score (nSPS) is 10.4. The largest absolute Gasteiger partial charge is 0.507 e. The van der Waals surface area contributed by atoms with Crippen LogP contribution in [0.5, 0.6) is 5.75 Å². The standard InChI is InChI=1S/C20H18N2O3/c1-2-19(24)21-16-9-10-18(23)17(12-16)20(25)22-15-8-7-13-5-3-4-6-14(13)11-15/h3-12,23H,2H2,1H3,(H,21,24)(H,22,25). The van der Waals surface area contributed by atoms with Gasteiger partial charge in [0.15, 0.2) is 0 Å². The van der Waals surface area contributed by atoms with Gasteiger partial charge in [0.1, 0.15) is 5.75 Å². The number of fused-ring (bicyclic) bond motifs is 1. The van der Waals surface area contributed by atoms with Crippen LogP contribution in [0.3, 0.4) is 0 Å². The summed E-state index contributed by atoms with van der Waals surface area (Å²) >= 11 is 0. The molecule has 0 aliphatic rings. The highest BCUT2D eigenvalue weighted by atomic mass is 16.3. The van der Waals surface area contributed by atoms with Gasteiger partial charge in [0, 0.05) is 17.8 Å². The summed E-state index contributed by atoms with van der Waals surface area (Å²) in [4.78, 5) is 24.0. The van der Waals surface area contributed by atoms with Crippen molar-refractivity contribution in [1.29, 1.82) is 0 Å². The maximum Gasteiger partial charge on any atom is 0.259 e. The van der Waals surface area contributed by atoms with Crippen LogP contribution in [0.25, 0.3) is 10.8 Å². The van der Waals surface area contributed by atoms with Crippen molar-refractivity contribution in [1.82, 2.24) is 0 Å². The molecule has 0 saturated heterocycles. The Hall–Kier alpha value is -3.34. The smallest absolute Gasteiger partial charge is 0.259 e. The third-order valence-corrected chi connectivity index (χ3v) is 3.85. The summed E-state index contributed by atoms with van der Waals surface area (Å²) < 4.78 is 0. The molecule has 3 rings (SSSR count). The van der Waals surface area contributed by atoms with Crippen molar-refractivity contribution in [2.45, 2.75) is 13.3 Å². The van der Waals surface area contributed by atoms with Gasteiger partial charge < -0.3 is 15.7 Å². The van der Waals surface area contributed by atoms with Gasteiger partial charge in [0.05, 0.1) is 5.56 Å². The third kappa shape index (κ3) is 3.77. The molecule has 0 radical (unpaired) electrons. The van der Waals surface area contributed by atoms with Crippen LogP contribution < -0.4 is 10.6 Å². The van der Waals surface area contributed by atoms with Crippen LogP contribution in [0.4, 0.5) is 11.4 Å². The number of benzene rings is 3. The van der Waals surface area contributed by atoms with Crippen molar-refractivity contribution in [3.05, 3.63) is 66.2 Å². The van der Waals surface area contributed by atoms with Gasteiger partial charge in [-0.25, -0.2) is 0 Å². The van der Waals surface area contributed by atoms with Crippen LogP contribution in [0, 0.1) is 0 Å². The molecule has 2 amide bonds. The average molecular weight is 334 g/mol. The van der Waals surface area contributed by atoms with E-state index in [9.17, 15) is 14.7 Å². The molecule has 3 N–H and O–H groups in total. The van der Waals surface area contributed by atoms with Crippen molar-refractivity contribution >= 4 is 34.0 Å². The van der Waals surface area contributed by atoms with E-state index in [1.807, 2.05) is 36.4 Å². The van der Waals surface area contributed by atoms with Crippen LogP contribution in [0.2, 0.25) is 0 Å². The molecule has 0 fully saturated rings. The molecule has 0 aliphatic heterocycles. The lowest BCUT2D eigenvalue weighted by Crippen LogP contribution is -2.14. The highest BCUT2D eigenvalue weighted by molar-refractivity contribution is 6.08. The van der Waals surface area contributed by atoms with Crippen LogP contribution in [0.1, 0.15) is 23.7 Å². The van der Waals surface area contributed by atoms with Crippen LogP contribution in [-0.4, -0.2) is 16.9 Å². The Labute approximate surface area is 145 Å². The third-order valence-electron chi connectivity index (χ3n) is 3.85. The van der Waals surface area contributed by atoms with Gasteiger partial charge >= 0.3 is 0 Å². The van der Waals surface area contributed by atoms with Crippen molar-refractivity contribution in [2.24, 2.45) is 0 Å². The molecule has 126 valence electrons. The summed E-state index contributed by atoms with van der Waals surface area (Å²) in [6.07, 6.45) is 0.333. The molecular weight excluding hydrogens is 316 g/mol. The fourth-order valence-corrected chi connectivity index (χ4v) is 2.51. The van der Waals surface area contributed by atoms with Gasteiger partial charge in [0.25, 0.3) is 5.91 Å². The Morgan fingerprint density at radius 3 is 2.32 bits per heavy atom. The molecule has 0 spiro atoms. The molecule has 0 aromatic heterocycles. The first-order valence-electron chi connectivity index (χ1n) is 8.00. The van der Waals surface area contributed by atoms with E-state index in [4.69, 9.17) is 0 Å². The number of phenolic OH excluding ortho intramolecular Hbond substituents is 1. The lowest BCUT2D eigenvalue weighted by Gasteiger charge is -2.10. The molecule has 0 saturated carbocycles. The summed E-state index contributed by atoms with van der Waals surface area (Å²) in [7, 11) is 0. The zero-order valence-corrected chi connectivity index (χ0v) is 13.7. The van der Waals surface area contributed by atoms with Crippen LogP contribution in [0.15, 0.2) is 60.7 Å². The maximum absolute atomic E-state index is 12.5. The lowest BCUT2D eigenvalue weighted by molar-refractivity contribution is -0.115. The Morgan fingerprint density at radius 2 is 1.56 bits per heavy atom. The van der Waals surface area contributed by atoms with E-state index in [-0.39, 0.29) is 17.2 Å². The van der Waals surface area contributed by atoms with Gasteiger partial charge in [-0.3, -0.25) is 9.59 Å². The van der Waals surface area contributed by atoms with E-state index < -0.39 is 5.91 Å². The van der Waals surface area contributed by atoms with Gasteiger partial charge in [-0.2, -0.15) is 0 Å². The number of nitrogens with one attached hydrogen (secondary N) is 2. The van der Waals surface area contributed by atoms with Gasteiger partial charge in [-0.15, -0.1) is 0 Å². The van der Waals surface area contributed by atoms with Crippen molar-refractivity contribution in [2.75, 3.05) is 10.6 Å². The highest BCUT2D eigenvalue weighted by Crippen LogP contribution is 2.24. The minimum atomic E-state index is -0.444. The number of hydrogen-bond donors (Lipinski definition) is 3. The summed E-state index contributed by atoms with van der Waals surface area (Å²) in [5.41, 5.74) is 1.20. The summed E-state index contributed by atoms with van der Waals surface area (Å²) in [5, 5.41) is 17.5. The zero-order valence-electron chi connectivity index (χ0n) is 13.7. The number of anilines is 2. The molecular formula is C20H18N2O3. The number of rotatable bonds is 4. The number of amides is 2. The average Bonchev–Trinajstić information content (AvgIpc) is 2.63. The lowest BCUT2D eigenvalue weighted by atomic mass is 10.1. The van der Waals surface area contributed by atoms with Crippen molar-refractivity contribution in [3.63, 3.8) is 0 Å². The van der Waals surface area contributed by atoms with Crippen LogP contribution in [-0.2, 0) is 4.79 Å². The molecule has 0 heterocycles. The first-order chi connectivity index (χ1) is 12.1. The second-order valence-electron chi connectivity index (χ2n) is 5.65. The van der Waals surface area contributed by atoms with Crippen molar-refractivity contribution < 1.29 is 14.7 Å². The fourth-order valence-electron chi connectivity index (χ4n) is 2.51. The number of hydrogen-bond acceptors (Lipinski definition) is 3. The molecule has 3 aromatic carbocycles. The predicted octanol–water partition coefficient (Wildman–Crippen LogP) is 4.15. The second-order valence-corrected chi connectivity index (χ2v) is 5.65. The Balaban J connectivity index is 1.84. The molecule has 0 atom stereocenters. The van der Waals surface area contributed by atoms with Gasteiger partial charge in [-0.05, 0) is 41.1 Å². The van der Waals surface area contributed by atoms with E-state index in [0.717, 1.165) is 10.8 Å². The van der Waals surface area contributed by atoms with E-state index in [1.165, 1.54) is 12.1 Å². The minimum Gasteiger partial charge on any atom is -0.507 e. The fraction of sp³-hybridized carbons (Fsp3) is 0.100. The number of aromatic hydroxyl groups is 1. The molecule has 0 aliphatic carbocycles. The maximum atomic E-state index is 12.5. The van der Waals surface area contributed by atoms with Crippen LogP contribution >= 0.6 is 0 Å². The van der Waals surface area contributed by atoms with E-state index in [2.05, 4.69) is 10.6 Å². The molecule has 5 heteroatoms. The summed E-state index contributed by atoms with van der Waals surface area (Å²) in [5.74, 6) is -0.750. The zero-order chi connectivity index (χ0) is 17.8. The van der Waals surface area contributed by atoms with E-state index in [1.54, 1.807) is 19.1 Å². The minimum absolute atomic E-state index is 0.0991. The Bertz CT molecular complexity index is 951. The first kappa shape index (κ1) is 16.5. The Kier molecular flexibility index (Phi) is 4.66. The van der Waals surface area contributed by atoms with Gasteiger partial charge in [-0.1, -0.05) is 37.3 Å². The number of phenols is 1. The van der Waals surface area contributed by atoms with Crippen molar-refractivity contribution in [3.8, 4) is 5.75 Å². The molecule has 0 unspecified atom stereocenters.